The van der Waals surface area contributed by atoms with Crippen molar-refractivity contribution in [3.8, 4) is 0 Å². The van der Waals surface area contributed by atoms with Gasteiger partial charge in [-0.05, 0) is 0 Å². The molecule has 0 fully saturated rings. The summed E-state index contributed by atoms with van der Waals surface area (Å²) in [4.78, 5) is 26.7. The predicted octanol–water partition coefficient (Wildman–Crippen LogP) is 0.844. The number of aromatic nitrogens is 1. The molecule has 0 saturated carbocycles. The highest BCUT2D eigenvalue weighted by Gasteiger charge is 2.07. The summed E-state index contributed by atoms with van der Waals surface area (Å²) in [6, 6.07) is 0. The second kappa shape index (κ2) is 11.7. The lowest BCUT2D eigenvalue weighted by Crippen LogP contribution is -2.40. The molecule has 0 aliphatic heterocycles. The Bertz CT molecular complexity index is 441. The quantitative estimate of drug-likeness (QED) is 0.674. The number of nitrogens with zero attached hydrogens (tertiary/aromatic N) is 1. The van der Waals surface area contributed by atoms with Crippen LogP contribution in [-0.2, 0) is 16.0 Å². The van der Waals surface area contributed by atoms with E-state index >= 15 is 0 Å². The molecule has 0 aliphatic carbocycles. The first-order chi connectivity index (χ1) is 9.02. The van der Waals surface area contributed by atoms with Crippen LogP contribution in [0.2, 0.25) is 0 Å². The first-order valence-electron chi connectivity index (χ1n) is 6.20. The standard InChI is InChI=1S/C12H20N4O2S.2ClH/c1-8(2)12-16-9(7-19-12)3-4-14-11(18)6-15-10(17)5-13;;/h7-8H,3-6,13H2,1-2H3,(H,14,18)(H,15,17);2*1H. The summed E-state index contributed by atoms with van der Waals surface area (Å²) in [7, 11) is 0. The van der Waals surface area contributed by atoms with E-state index in [1.807, 2.05) is 5.38 Å². The largest absolute Gasteiger partial charge is 0.354 e. The zero-order valence-corrected chi connectivity index (χ0v) is 14.5. The van der Waals surface area contributed by atoms with E-state index in [-0.39, 0.29) is 49.7 Å². The number of thiazole rings is 1. The zero-order chi connectivity index (χ0) is 14.3. The van der Waals surface area contributed by atoms with Gasteiger partial charge < -0.3 is 16.4 Å². The van der Waals surface area contributed by atoms with Gasteiger partial charge in [-0.25, -0.2) is 4.98 Å². The smallest absolute Gasteiger partial charge is 0.239 e. The summed E-state index contributed by atoms with van der Waals surface area (Å²) in [6.07, 6.45) is 0.694. The lowest BCUT2D eigenvalue weighted by molar-refractivity contribution is -0.125. The van der Waals surface area contributed by atoms with Crippen LogP contribution in [-0.4, -0.2) is 36.4 Å². The number of rotatable bonds is 7. The van der Waals surface area contributed by atoms with Crippen LogP contribution in [0.25, 0.3) is 0 Å². The van der Waals surface area contributed by atoms with Crippen molar-refractivity contribution in [1.82, 2.24) is 15.6 Å². The number of halogens is 2. The fourth-order valence-electron chi connectivity index (χ4n) is 1.35. The Morgan fingerprint density at radius 1 is 1.29 bits per heavy atom. The maximum atomic E-state index is 11.4. The molecule has 2 amide bonds. The Kier molecular flexibility index (Phi) is 12.5. The number of nitrogens with two attached hydrogens (primary N) is 1. The normalized spacial score (nSPS) is 9.52. The molecule has 0 radical (unpaired) electrons. The second-order valence-corrected chi connectivity index (χ2v) is 5.30. The van der Waals surface area contributed by atoms with Gasteiger partial charge in [0.1, 0.15) is 0 Å². The molecule has 0 saturated heterocycles. The van der Waals surface area contributed by atoms with E-state index in [2.05, 4.69) is 29.5 Å². The molecule has 0 aromatic carbocycles. The van der Waals surface area contributed by atoms with Gasteiger partial charge in [-0.3, -0.25) is 9.59 Å². The Balaban J connectivity index is 0. The summed E-state index contributed by atoms with van der Waals surface area (Å²) >= 11 is 1.64. The van der Waals surface area contributed by atoms with Crippen LogP contribution in [0.3, 0.4) is 0 Å². The summed E-state index contributed by atoms with van der Waals surface area (Å²) in [5.74, 6) is -0.128. The number of hydrogen-bond acceptors (Lipinski definition) is 5. The molecule has 6 nitrogen and oxygen atoms in total. The van der Waals surface area contributed by atoms with E-state index in [0.29, 0.717) is 18.9 Å². The number of nitrogens with one attached hydrogen (secondary N) is 2. The average Bonchev–Trinajstić information content (AvgIpc) is 2.85. The Hall–Kier alpha value is -0.890. The molecule has 1 rings (SSSR count). The fourth-order valence-corrected chi connectivity index (χ4v) is 2.22. The highest BCUT2D eigenvalue weighted by Crippen LogP contribution is 2.19. The molecule has 1 heterocycles. The molecule has 0 unspecified atom stereocenters. The highest BCUT2D eigenvalue weighted by molar-refractivity contribution is 7.09. The SMILES string of the molecule is CC(C)c1nc(CCNC(=O)CNC(=O)CN)cs1.Cl.Cl. The monoisotopic (exact) mass is 356 g/mol. The molecule has 122 valence electrons. The zero-order valence-electron chi connectivity index (χ0n) is 12.0. The van der Waals surface area contributed by atoms with Gasteiger partial charge in [-0.1, -0.05) is 13.8 Å². The van der Waals surface area contributed by atoms with Crippen molar-refractivity contribution in [2.45, 2.75) is 26.2 Å². The fraction of sp³-hybridized carbons (Fsp3) is 0.583. The topological polar surface area (TPSA) is 97.1 Å². The van der Waals surface area contributed by atoms with Gasteiger partial charge in [0.2, 0.25) is 11.8 Å². The van der Waals surface area contributed by atoms with Gasteiger partial charge in [0.25, 0.3) is 0 Å². The van der Waals surface area contributed by atoms with E-state index in [0.717, 1.165) is 10.7 Å². The Morgan fingerprint density at radius 3 is 2.48 bits per heavy atom. The minimum atomic E-state index is -0.337. The van der Waals surface area contributed by atoms with Crippen molar-refractivity contribution in [2.24, 2.45) is 5.73 Å². The van der Waals surface area contributed by atoms with E-state index in [9.17, 15) is 9.59 Å². The summed E-state index contributed by atoms with van der Waals surface area (Å²) < 4.78 is 0. The van der Waals surface area contributed by atoms with Crippen LogP contribution < -0.4 is 16.4 Å². The van der Waals surface area contributed by atoms with Crippen molar-refractivity contribution in [3.63, 3.8) is 0 Å². The van der Waals surface area contributed by atoms with Gasteiger partial charge in [-0.2, -0.15) is 0 Å². The number of carbonyl (C=O) groups excluding carboxylic acids is 2. The number of carbonyl (C=O) groups is 2. The van der Waals surface area contributed by atoms with E-state index in [4.69, 9.17) is 5.73 Å². The lowest BCUT2D eigenvalue weighted by Gasteiger charge is -2.05. The minimum absolute atomic E-state index is 0. The number of amides is 2. The first-order valence-corrected chi connectivity index (χ1v) is 7.08. The molecule has 1 aromatic rings. The van der Waals surface area contributed by atoms with Crippen LogP contribution >= 0.6 is 36.2 Å². The van der Waals surface area contributed by atoms with Crippen LogP contribution in [0.15, 0.2) is 5.38 Å². The Morgan fingerprint density at radius 2 is 1.95 bits per heavy atom. The van der Waals surface area contributed by atoms with Crippen molar-refractivity contribution in [3.05, 3.63) is 16.1 Å². The molecule has 21 heavy (non-hydrogen) atoms. The third-order valence-electron chi connectivity index (χ3n) is 2.40. The van der Waals surface area contributed by atoms with Crippen LogP contribution in [0.4, 0.5) is 0 Å². The molecule has 0 spiro atoms. The molecule has 0 aliphatic rings. The Labute approximate surface area is 141 Å². The second-order valence-electron chi connectivity index (χ2n) is 4.41. The van der Waals surface area contributed by atoms with Gasteiger partial charge in [0.05, 0.1) is 23.8 Å². The van der Waals surface area contributed by atoms with Crippen molar-refractivity contribution in [1.29, 1.82) is 0 Å². The number of hydrogen-bond donors (Lipinski definition) is 3. The third-order valence-corrected chi connectivity index (χ3v) is 3.59. The molecule has 9 heteroatoms. The summed E-state index contributed by atoms with van der Waals surface area (Å²) in [5.41, 5.74) is 6.10. The average molecular weight is 357 g/mol. The molecular weight excluding hydrogens is 335 g/mol. The molecule has 0 atom stereocenters. The lowest BCUT2D eigenvalue weighted by atomic mass is 10.2. The molecule has 1 aromatic heterocycles. The first kappa shape index (κ1) is 22.4. The van der Waals surface area contributed by atoms with E-state index < -0.39 is 0 Å². The maximum absolute atomic E-state index is 11.4. The van der Waals surface area contributed by atoms with Crippen molar-refractivity contribution in [2.75, 3.05) is 19.6 Å². The van der Waals surface area contributed by atoms with E-state index in [1.165, 1.54) is 0 Å². The summed E-state index contributed by atoms with van der Waals surface area (Å²) in [6.45, 7) is 4.57. The maximum Gasteiger partial charge on any atom is 0.239 e. The van der Waals surface area contributed by atoms with E-state index in [1.54, 1.807) is 11.3 Å². The third kappa shape index (κ3) is 8.87. The molecular formula is C12H22Cl2N4O2S. The van der Waals surface area contributed by atoms with Gasteiger partial charge in [0, 0.05) is 24.3 Å². The summed E-state index contributed by atoms with van der Waals surface area (Å²) in [5, 5.41) is 8.25. The molecule has 0 bridgehead atoms. The van der Waals surface area contributed by atoms with Crippen LogP contribution in [0.1, 0.15) is 30.5 Å². The minimum Gasteiger partial charge on any atom is -0.354 e. The van der Waals surface area contributed by atoms with Gasteiger partial charge in [0.15, 0.2) is 0 Å². The van der Waals surface area contributed by atoms with Gasteiger partial charge >= 0.3 is 0 Å². The van der Waals surface area contributed by atoms with Crippen molar-refractivity contribution >= 4 is 48.0 Å². The molecule has 4 N–H and O–H groups in total. The van der Waals surface area contributed by atoms with Gasteiger partial charge in [-0.15, -0.1) is 36.2 Å². The van der Waals surface area contributed by atoms with Crippen molar-refractivity contribution < 1.29 is 9.59 Å². The van der Waals surface area contributed by atoms with Crippen LogP contribution in [0.5, 0.6) is 0 Å². The van der Waals surface area contributed by atoms with Crippen LogP contribution in [0, 0.1) is 0 Å². The highest BCUT2D eigenvalue weighted by atomic mass is 35.5. The predicted molar refractivity (Wildman–Crippen MR) is 89.5 cm³/mol.